The first-order valence-electron chi connectivity index (χ1n) is 3.64. The summed E-state index contributed by atoms with van der Waals surface area (Å²) in [6, 6.07) is 4.09. The van der Waals surface area contributed by atoms with Crippen molar-refractivity contribution in [3.05, 3.63) is 32.6 Å². The first-order valence-corrected chi connectivity index (χ1v) is 6.22. The Bertz CT molecular complexity index is 450. The Morgan fingerprint density at radius 3 is 2.92 bits per heavy atom. The van der Waals surface area contributed by atoms with Crippen LogP contribution in [0.2, 0.25) is 5.02 Å². The van der Waals surface area contributed by atoms with Crippen molar-refractivity contribution >= 4 is 60.6 Å². The molecule has 0 saturated heterocycles. The van der Waals surface area contributed by atoms with Gasteiger partial charge < -0.3 is 0 Å². The first-order chi connectivity index (χ1) is 6.24. The third kappa shape index (κ3) is 1.61. The number of benzene rings is 1. The molecule has 1 aromatic carbocycles. The van der Waals surface area contributed by atoms with E-state index in [9.17, 15) is 0 Å². The third-order valence-electron chi connectivity index (χ3n) is 1.86. The van der Waals surface area contributed by atoms with E-state index in [1.165, 1.54) is 4.70 Å². The SMILES string of the molecule is ClCc1cc2sccc2c(Cl)c1Br. The van der Waals surface area contributed by atoms with E-state index in [0.717, 1.165) is 20.4 Å². The molecule has 0 atom stereocenters. The molecular formula is C9H5BrCl2S. The quantitative estimate of drug-likeness (QED) is 0.645. The van der Waals surface area contributed by atoms with Gasteiger partial charge >= 0.3 is 0 Å². The second-order valence-corrected chi connectivity index (χ2v) is 5.02. The minimum absolute atomic E-state index is 0.480. The number of rotatable bonds is 1. The summed E-state index contributed by atoms with van der Waals surface area (Å²) in [5.41, 5.74) is 1.04. The zero-order valence-corrected chi connectivity index (χ0v) is 10.4. The van der Waals surface area contributed by atoms with Crippen molar-refractivity contribution < 1.29 is 0 Å². The standard InChI is InChI=1S/C9H5BrCl2S/c10-8-5(4-11)3-7-6(9(8)12)1-2-13-7/h1-3H,4H2. The summed E-state index contributed by atoms with van der Waals surface area (Å²) in [5.74, 6) is 0.480. The van der Waals surface area contributed by atoms with Gasteiger partial charge in [0.25, 0.3) is 0 Å². The molecule has 0 nitrogen and oxygen atoms in total. The molecule has 0 bridgehead atoms. The van der Waals surface area contributed by atoms with E-state index in [1.807, 2.05) is 11.4 Å². The van der Waals surface area contributed by atoms with Crippen molar-refractivity contribution in [2.24, 2.45) is 0 Å². The molecule has 0 fully saturated rings. The lowest BCUT2D eigenvalue weighted by atomic mass is 10.2. The topological polar surface area (TPSA) is 0 Å². The summed E-state index contributed by atoms with van der Waals surface area (Å²) in [6.07, 6.45) is 0. The molecule has 0 aliphatic heterocycles. The molecule has 68 valence electrons. The van der Waals surface area contributed by atoms with Gasteiger partial charge in [0.1, 0.15) is 0 Å². The molecule has 4 heteroatoms. The normalized spacial score (nSPS) is 11.0. The van der Waals surface area contributed by atoms with Gasteiger partial charge in [-0.3, -0.25) is 0 Å². The molecule has 0 aliphatic rings. The maximum atomic E-state index is 6.15. The van der Waals surface area contributed by atoms with E-state index in [0.29, 0.717) is 5.88 Å². The lowest BCUT2D eigenvalue weighted by molar-refractivity contribution is 1.40. The molecule has 1 heterocycles. The minimum Gasteiger partial charge on any atom is -0.144 e. The summed E-state index contributed by atoms with van der Waals surface area (Å²) in [5, 5.41) is 3.88. The predicted octanol–water partition coefficient (Wildman–Crippen LogP) is 5.06. The number of alkyl halides is 1. The van der Waals surface area contributed by atoms with Crippen LogP contribution in [-0.2, 0) is 5.88 Å². The molecular weight excluding hydrogens is 291 g/mol. The average Bonchev–Trinajstić information content (AvgIpc) is 2.59. The Morgan fingerprint density at radius 2 is 2.23 bits per heavy atom. The van der Waals surface area contributed by atoms with Crippen LogP contribution < -0.4 is 0 Å². The fourth-order valence-corrected chi connectivity index (χ4v) is 3.23. The Balaban J connectivity index is 2.83. The Labute approximate surface area is 98.6 Å². The smallest absolute Gasteiger partial charge is 0.0638 e. The summed E-state index contributed by atoms with van der Waals surface area (Å²) in [6.45, 7) is 0. The number of hydrogen-bond acceptors (Lipinski definition) is 1. The van der Waals surface area contributed by atoms with Gasteiger partial charge in [0, 0.05) is 20.4 Å². The van der Waals surface area contributed by atoms with Crippen LogP contribution in [0.25, 0.3) is 10.1 Å². The van der Waals surface area contributed by atoms with Crippen LogP contribution in [0, 0.1) is 0 Å². The highest BCUT2D eigenvalue weighted by Crippen LogP contribution is 2.37. The van der Waals surface area contributed by atoms with Crippen molar-refractivity contribution in [1.82, 2.24) is 0 Å². The van der Waals surface area contributed by atoms with E-state index in [4.69, 9.17) is 23.2 Å². The number of hydrogen-bond donors (Lipinski definition) is 0. The summed E-state index contributed by atoms with van der Waals surface area (Å²) in [4.78, 5) is 0. The van der Waals surface area contributed by atoms with Crippen LogP contribution in [-0.4, -0.2) is 0 Å². The molecule has 2 rings (SSSR count). The second-order valence-electron chi connectivity index (χ2n) is 2.63. The van der Waals surface area contributed by atoms with Crippen LogP contribution >= 0.6 is 50.5 Å². The van der Waals surface area contributed by atoms with Crippen molar-refractivity contribution in [2.75, 3.05) is 0 Å². The highest BCUT2D eigenvalue weighted by Gasteiger charge is 2.09. The van der Waals surface area contributed by atoms with Gasteiger partial charge in [0.15, 0.2) is 0 Å². The molecule has 0 N–H and O–H groups in total. The maximum Gasteiger partial charge on any atom is 0.0638 e. The van der Waals surface area contributed by atoms with Crippen molar-refractivity contribution in [1.29, 1.82) is 0 Å². The van der Waals surface area contributed by atoms with E-state index in [-0.39, 0.29) is 0 Å². The van der Waals surface area contributed by atoms with Crippen LogP contribution in [0.15, 0.2) is 22.0 Å². The van der Waals surface area contributed by atoms with Gasteiger partial charge in [0.2, 0.25) is 0 Å². The van der Waals surface area contributed by atoms with Crippen LogP contribution in [0.5, 0.6) is 0 Å². The largest absolute Gasteiger partial charge is 0.144 e. The van der Waals surface area contributed by atoms with E-state index < -0.39 is 0 Å². The van der Waals surface area contributed by atoms with Crippen LogP contribution in [0.4, 0.5) is 0 Å². The lowest BCUT2D eigenvalue weighted by Gasteiger charge is -2.03. The molecule has 0 amide bonds. The fourth-order valence-electron chi connectivity index (χ4n) is 1.19. The number of thiophene rings is 1. The monoisotopic (exact) mass is 294 g/mol. The molecule has 0 spiro atoms. The molecule has 0 unspecified atom stereocenters. The summed E-state index contributed by atoms with van der Waals surface area (Å²) < 4.78 is 2.10. The predicted molar refractivity (Wildman–Crippen MR) is 64.1 cm³/mol. The maximum absolute atomic E-state index is 6.15. The number of fused-ring (bicyclic) bond motifs is 1. The average molecular weight is 296 g/mol. The van der Waals surface area contributed by atoms with Crippen LogP contribution in [0.3, 0.4) is 0 Å². The third-order valence-corrected chi connectivity index (χ3v) is 4.53. The highest BCUT2D eigenvalue weighted by atomic mass is 79.9. The van der Waals surface area contributed by atoms with E-state index in [1.54, 1.807) is 11.3 Å². The van der Waals surface area contributed by atoms with Gasteiger partial charge in [-0.15, -0.1) is 22.9 Å². The lowest BCUT2D eigenvalue weighted by Crippen LogP contribution is -1.81. The molecule has 1 aromatic heterocycles. The van der Waals surface area contributed by atoms with Crippen LogP contribution in [0.1, 0.15) is 5.56 Å². The molecule has 0 aliphatic carbocycles. The molecule has 2 aromatic rings. The van der Waals surface area contributed by atoms with Gasteiger partial charge in [-0.2, -0.15) is 0 Å². The molecule has 0 radical (unpaired) electrons. The van der Waals surface area contributed by atoms with Gasteiger partial charge in [-0.25, -0.2) is 0 Å². The highest BCUT2D eigenvalue weighted by molar-refractivity contribution is 9.10. The van der Waals surface area contributed by atoms with E-state index >= 15 is 0 Å². The Hall–Kier alpha value is 0.240. The van der Waals surface area contributed by atoms with E-state index in [2.05, 4.69) is 22.0 Å². The van der Waals surface area contributed by atoms with Gasteiger partial charge in [0.05, 0.1) is 5.02 Å². The molecule has 0 saturated carbocycles. The van der Waals surface area contributed by atoms with Gasteiger partial charge in [-0.1, -0.05) is 11.6 Å². The Kier molecular flexibility index (Phi) is 2.84. The Morgan fingerprint density at radius 1 is 1.46 bits per heavy atom. The zero-order valence-electron chi connectivity index (χ0n) is 6.48. The fraction of sp³-hybridized carbons (Fsp3) is 0.111. The van der Waals surface area contributed by atoms with Crippen molar-refractivity contribution in [2.45, 2.75) is 5.88 Å². The minimum atomic E-state index is 0.480. The van der Waals surface area contributed by atoms with Crippen molar-refractivity contribution in [3.63, 3.8) is 0 Å². The zero-order chi connectivity index (χ0) is 9.42. The van der Waals surface area contributed by atoms with Crippen molar-refractivity contribution in [3.8, 4) is 0 Å². The second kappa shape index (κ2) is 3.77. The number of halogens is 3. The summed E-state index contributed by atoms with van der Waals surface area (Å²) in [7, 11) is 0. The summed E-state index contributed by atoms with van der Waals surface area (Å²) >= 11 is 17.1. The first kappa shape index (κ1) is 9.78. The molecule has 13 heavy (non-hydrogen) atoms. The van der Waals surface area contributed by atoms with Gasteiger partial charge in [-0.05, 0) is 39.0 Å².